The Morgan fingerprint density at radius 3 is 2.71 bits per heavy atom. The molecule has 1 aromatic heterocycles. The van der Waals surface area contributed by atoms with Crippen molar-refractivity contribution in [3.63, 3.8) is 0 Å². The summed E-state index contributed by atoms with van der Waals surface area (Å²) in [6.07, 6.45) is 1.47. The van der Waals surface area contributed by atoms with Crippen LogP contribution in [-0.2, 0) is 4.79 Å². The lowest BCUT2D eigenvalue weighted by Crippen LogP contribution is -2.31. The molecular formula is C22H22IN5O3. The van der Waals surface area contributed by atoms with E-state index in [0.717, 1.165) is 14.8 Å². The molecule has 0 saturated heterocycles. The number of hydrogen-bond donors (Lipinski definition) is 2. The molecule has 2 aromatic carbocycles. The first-order chi connectivity index (χ1) is 15.0. The number of benzene rings is 2. The number of carbonyl (C=O) groups is 1. The molecule has 1 amide bonds. The third kappa shape index (κ3) is 4.22. The molecule has 31 heavy (non-hydrogen) atoms. The summed E-state index contributed by atoms with van der Waals surface area (Å²) in [5, 5.41) is 10.5. The molecule has 0 bridgehead atoms. The van der Waals surface area contributed by atoms with E-state index in [-0.39, 0.29) is 5.91 Å². The van der Waals surface area contributed by atoms with Crippen LogP contribution in [0.5, 0.6) is 11.5 Å². The number of rotatable bonds is 6. The van der Waals surface area contributed by atoms with Crippen LogP contribution in [0.4, 0.5) is 11.6 Å². The van der Waals surface area contributed by atoms with Crippen LogP contribution in [0.2, 0.25) is 0 Å². The number of nitrogens with zero attached hydrogens (tertiary/aromatic N) is 3. The fraction of sp³-hybridized carbons (Fsp3) is 0.227. The highest BCUT2D eigenvalue weighted by atomic mass is 127. The molecule has 3 aromatic rings. The van der Waals surface area contributed by atoms with Crippen molar-refractivity contribution >= 4 is 40.1 Å². The molecule has 9 heteroatoms. The van der Waals surface area contributed by atoms with Crippen molar-refractivity contribution in [2.45, 2.75) is 19.9 Å². The SMILES string of the molecule is CCOc1ccc([C@@H]2C(C(=O)Nc3ccc(I)cc3)=C(C)Nc3ncnn32)cc1OC. The van der Waals surface area contributed by atoms with Gasteiger partial charge in [-0.05, 0) is 78.4 Å². The van der Waals surface area contributed by atoms with Crippen LogP contribution in [0.15, 0.2) is 60.1 Å². The molecule has 2 heterocycles. The Labute approximate surface area is 193 Å². The second-order valence-corrected chi connectivity index (χ2v) is 8.14. The van der Waals surface area contributed by atoms with Crippen molar-refractivity contribution in [1.82, 2.24) is 14.8 Å². The lowest BCUT2D eigenvalue weighted by atomic mass is 9.94. The molecular weight excluding hydrogens is 509 g/mol. The molecule has 0 unspecified atom stereocenters. The number of aromatic nitrogens is 3. The predicted octanol–water partition coefficient (Wildman–Crippen LogP) is 4.22. The van der Waals surface area contributed by atoms with Gasteiger partial charge in [-0.2, -0.15) is 10.1 Å². The molecule has 160 valence electrons. The van der Waals surface area contributed by atoms with Crippen LogP contribution in [0, 0.1) is 3.57 Å². The minimum atomic E-state index is -0.479. The van der Waals surface area contributed by atoms with Gasteiger partial charge in [0.15, 0.2) is 11.5 Å². The number of allylic oxidation sites excluding steroid dienone is 1. The fourth-order valence-electron chi connectivity index (χ4n) is 3.55. The first-order valence-corrected chi connectivity index (χ1v) is 10.8. The Bertz CT molecular complexity index is 1140. The average molecular weight is 531 g/mol. The Balaban J connectivity index is 1.76. The van der Waals surface area contributed by atoms with Gasteiger partial charge in [-0.3, -0.25) is 4.79 Å². The van der Waals surface area contributed by atoms with Gasteiger partial charge in [-0.1, -0.05) is 6.07 Å². The lowest BCUT2D eigenvalue weighted by Gasteiger charge is -2.29. The number of halogens is 1. The van der Waals surface area contributed by atoms with E-state index in [4.69, 9.17) is 9.47 Å². The molecule has 1 aliphatic rings. The summed E-state index contributed by atoms with van der Waals surface area (Å²) in [5.41, 5.74) is 2.81. The number of carbonyl (C=O) groups excluding carboxylic acids is 1. The predicted molar refractivity (Wildman–Crippen MR) is 126 cm³/mol. The van der Waals surface area contributed by atoms with E-state index in [0.29, 0.717) is 35.3 Å². The van der Waals surface area contributed by atoms with E-state index in [1.165, 1.54) is 6.33 Å². The maximum Gasteiger partial charge on any atom is 0.255 e. The van der Waals surface area contributed by atoms with Crippen molar-refractivity contribution in [2.75, 3.05) is 24.4 Å². The van der Waals surface area contributed by atoms with E-state index in [1.807, 2.05) is 56.3 Å². The third-order valence-electron chi connectivity index (χ3n) is 4.94. The molecule has 1 atom stereocenters. The Hall–Kier alpha value is -3.08. The first kappa shape index (κ1) is 21.2. The van der Waals surface area contributed by atoms with Gasteiger partial charge in [0.05, 0.1) is 19.3 Å². The zero-order valence-electron chi connectivity index (χ0n) is 17.3. The van der Waals surface area contributed by atoms with Crippen LogP contribution in [0.3, 0.4) is 0 Å². The van der Waals surface area contributed by atoms with Gasteiger partial charge in [-0.15, -0.1) is 0 Å². The number of hydrogen-bond acceptors (Lipinski definition) is 6. The Kier molecular flexibility index (Phi) is 6.12. The quantitative estimate of drug-likeness (QED) is 0.464. The van der Waals surface area contributed by atoms with Gasteiger partial charge < -0.3 is 20.1 Å². The molecule has 1 aliphatic heterocycles. The second-order valence-electron chi connectivity index (χ2n) is 6.90. The minimum Gasteiger partial charge on any atom is -0.493 e. The van der Waals surface area contributed by atoms with E-state index < -0.39 is 6.04 Å². The van der Waals surface area contributed by atoms with Crippen molar-refractivity contribution in [3.05, 3.63) is 69.2 Å². The summed E-state index contributed by atoms with van der Waals surface area (Å²) in [6.45, 7) is 4.31. The van der Waals surface area contributed by atoms with Crippen LogP contribution < -0.4 is 20.1 Å². The number of methoxy groups -OCH3 is 1. The molecule has 0 fully saturated rings. The highest BCUT2D eigenvalue weighted by Crippen LogP contribution is 2.38. The minimum absolute atomic E-state index is 0.217. The molecule has 0 radical (unpaired) electrons. The van der Waals surface area contributed by atoms with Crippen LogP contribution in [-0.4, -0.2) is 34.4 Å². The van der Waals surface area contributed by atoms with E-state index in [9.17, 15) is 4.79 Å². The summed E-state index contributed by atoms with van der Waals surface area (Å²) in [4.78, 5) is 17.7. The maximum atomic E-state index is 13.4. The van der Waals surface area contributed by atoms with Gasteiger partial charge in [0.2, 0.25) is 5.95 Å². The molecule has 0 spiro atoms. The van der Waals surface area contributed by atoms with Crippen LogP contribution in [0.25, 0.3) is 0 Å². The van der Waals surface area contributed by atoms with Gasteiger partial charge in [0, 0.05) is 15.0 Å². The first-order valence-electron chi connectivity index (χ1n) is 9.76. The standard InChI is InChI=1S/C22H22IN5O3/c1-4-31-17-10-5-14(11-18(17)30-3)20-19(13(2)26-22-24-12-25-28(20)22)21(29)27-16-8-6-15(23)7-9-16/h5-12,20H,4H2,1-3H3,(H,27,29)(H,24,25,26)/t20-/m1/s1. The second kappa shape index (κ2) is 8.96. The molecule has 0 saturated carbocycles. The number of ether oxygens (including phenoxy) is 2. The van der Waals surface area contributed by atoms with Gasteiger partial charge >= 0.3 is 0 Å². The number of fused-ring (bicyclic) bond motifs is 1. The topological polar surface area (TPSA) is 90.3 Å². The van der Waals surface area contributed by atoms with Crippen molar-refractivity contribution in [3.8, 4) is 11.5 Å². The zero-order chi connectivity index (χ0) is 22.0. The Morgan fingerprint density at radius 2 is 2.00 bits per heavy atom. The number of anilines is 2. The van der Waals surface area contributed by atoms with Gasteiger partial charge in [0.1, 0.15) is 12.4 Å². The molecule has 4 rings (SSSR count). The summed E-state index contributed by atoms with van der Waals surface area (Å²) in [7, 11) is 1.59. The third-order valence-corrected chi connectivity index (χ3v) is 5.66. The number of nitrogens with one attached hydrogen (secondary N) is 2. The largest absolute Gasteiger partial charge is 0.493 e. The maximum absolute atomic E-state index is 13.4. The summed E-state index contributed by atoms with van der Waals surface area (Å²) in [6, 6.07) is 12.8. The summed E-state index contributed by atoms with van der Waals surface area (Å²) < 4.78 is 14.0. The molecule has 8 nitrogen and oxygen atoms in total. The summed E-state index contributed by atoms with van der Waals surface area (Å²) in [5.74, 6) is 1.59. The highest BCUT2D eigenvalue weighted by Gasteiger charge is 2.34. The highest BCUT2D eigenvalue weighted by molar-refractivity contribution is 14.1. The smallest absolute Gasteiger partial charge is 0.255 e. The van der Waals surface area contributed by atoms with Gasteiger partial charge in [-0.25, -0.2) is 4.68 Å². The number of amides is 1. The fourth-order valence-corrected chi connectivity index (χ4v) is 3.91. The van der Waals surface area contributed by atoms with Crippen LogP contribution in [0.1, 0.15) is 25.5 Å². The molecule has 0 aliphatic carbocycles. The van der Waals surface area contributed by atoms with Crippen molar-refractivity contribution in [1.29, 1.82) is 0 Å². The van der Waals surface area contributed by atoms with E-state index in [2.05, 4.69) is 43.3 Å². The van der Waals surface area contributed by atoms with Crippen LogP contribution >= 0.6 is 22.6 Å². The summed E-state index contributed by atoms with van der Waals surface area (Å²) >= 11 is 2.23. The van der Waals surface area contributed by atoms with E-state index in [1.54, 1.807) is 11.8 Å². The zero-order valence-corrected chi connectivity index (χ0v) is 19.5. The van der Waals surface area contributed by atoms with E-state index >= 15 is 0 Å². The normalized spacial score (nSPS) is 15.2. The van der Waals surface area contributed by atoms with Crippen molar-refractivity contribution in [2.24, 2.45) is 0 Å². The van der Waals surface area contributed by atoms with Gasteiger partial charge in [0.25, 0.3) is 5.91 Å². The Morgan fingerprint density at radius 1 is 1.23 bits per heavy atom. The molecule has 2 N–H and O–H groups in total. The van der Waals surface area contributed by atoms with Crippen molar-refractivity contribution < 1.29 is 14.3 Å². The average Bonchev–Trinajstić information content (AvgIpc) is 3.23. The lowest BCUT2D eigenvalue weighted by molar-refractivity contribution is -0.113. The monoisotopic (exact) mass is 531 g/mol.